The van der Waals surface area contributed by atoms with Crippen LogP contribution in [0.3, 0.4) is 0 Å². The molecule has 2 aromatic rings. The number of nitrogens with zero attached hydrogens (tertiary/aromatic N) is 2. The van der Waals surface area contributed by atoms with Crippen LogP contribution in [0.4, 0.5) is 0 Å². The highest BCUT2D eigenvalue weighted by Gasteiger charge is 2.12. The Morgan fingerprint density at radius 2 is 1.80 bits per heavy atom. The monoisotopic (exact) mass is 410 g/mol. The van der Waals surface area contributed by atoms with Crippen LogP contribution in [0.1, 0.15) is 42.3 Å². The fraction of sp³-hybridized carbons (Fsp3) is 0.417. The molecule has 0 radical (unpaired) electrons. The van der Waals surface area contributed by atoms with Gasteiger partial charge in [0.2, 0.25) is 0 Å². The molecule has 0 spiro atoms. The normalized spacial score (nSPS) is 12.2. The number of rotatable bonds is 9. The number of aryl methyl sites for hydroxylation is 1. The number of carbonyl (C=O) groups is 1. The zero-order valence-corrected chi connectivity index (χ0v) is 18.7. The highest BCUT2D eigenvalue weighted by Crippen LogP contribution is 2.14. The molecule has 0 heterocycles. The first-order chi connectivity index (χ1) is 14.5. The fourth-order valence-electron chi connectivity index (χ4n) is 3.07. The van der Waals surface area contributed by atoms with Gasteiger partial charge in [-0.25, -0.2) is 0 Å². The molecule has 0 saturated carbocycles. The molecule has 2 aromatic carbocycles. The van der Waals surface area contributed by atoms with E-state index in [2.05, 4.69) is 15.6 Å². The van der Waals surface area contributed by atoms with Crippen LogP contribution in [0.2, 0.25) is 0 Å². The van der Waals surface area contributed by atoms with Gasteiger partial charge in [-0.1, -0.05) is 24.3 Å². The molecule has 6 heteroatoms. The summed E-state index contributed by atoms with van der Waals surface area (Å²) in [4.78, 5) is 18.5. The van der Waals surface area contributed by atoms with Crippen molar-refractivity contribution >= 4 is 11.9 Å². The number of guanidine groups is 1. The Hall–Kier alpha value is -3.02. The second kappa shape index (κ2) is 11.9. The van der Waals surface area contributed by atoms with Gasteiger partial charge in [0.05, 0.1) is 6.54 Å². The van der Waals surface area contributed by atoms with Gasteiger partial charge in [-0.3, -0.25) is 9.79 Å². The van der Waals surface area contributed by atoms with Crippen LogP contribution in [-0.4, -0.2) is 49.6 Å². The summed E-state index contributed by atoms with van der Waals surface area (Å²) < 4.78 is 5.94. The van der Waals surface area contributed by atoms with E-state index in [1.165, 1.54) is 5.56 Å². The van der Waals surface area contributed by atoms with Crippen LogP contribution in [-0.2, 0) is 6.54 Å². The van der Waals surface area contributed by atoms with Gasteiger partial charge < -0.3 is 20.3 Å². The molecule has 0 aliphatic rings. The molecule has 2 rings (SSSR count). The first-order valence-electron chi connectivity index (χ1n) is 10.5. The lowest BCUT2D eigenvalue weighted by molar-refractivity contribution is 0.0773. The quantitative estimate of drug-likeness (QED) is 0.490. The van der Waals surface area contributed by atoms with Gasteiger partial charge in [0, 0.05) is 32.2 Å². The van der Waals surface area contributed by atoms with Gasteiger partial charge >= 0.3 is 0 Å². The minimum absolute atomic E-state index is 0.00396. The molecule has 1 atom stereocenters. The number of hydrogen-bond acceptors (Lipinski definition) is 3. The summed E-state index contributed by atoms with van der Waals surface area (Å²) in [5.41, 5.74) is 2.97. The molecular weight excluding hydrogens is 376 g/mol. The average Bonchev–Trinajstić information content (AvgIpc) is 2.75. The van der Waals surface area contributed by atoms with Crippen molar-refractivity contribution in [3.63, 3.8) is 0 Å². The minimum Gasteiger partial charge on any atom is -0.489 e. The van der Waals surface area contributed by atoms with Crippen molar-refractivity contribution in [2.24, 2.45) is 4.99 Å². The van der Waals surface area contributed by atoms with E-state index in [0.29, 0.717) is 37.7 Å². The van der Waals surface area contributed by atoms with E-state index in [0.717, 1.165) is 11.3 Å². The zero-order chi connectivity index (χ0) is 21.9. The molecule has 0 aromatic heterocycles. The molecule has 1 unspecified atom stereocenters. The zero-order valence-electron chi connectivity index (χ0n) is 18.7. The van der Waals surface area contributed by atoms with Gasteiger partial charge in [-0.15, -0.1) is 0 Å². The van der Waals surface area contributed by atoms with Crippen molar-refractivity contribution in [3.05, 3.63) is 65.2 Å². The van der Waals surface area contributed by atoms with Crippen molar-refractivity contribution in [3.8, 4) is 5.75 Å². The predicted octanol–water partition coefficient (Wildman–Crippen LogP) is 3.61. The van der Waals surface area contributed by atoms with E-state index >= 15 is 0 Å². The van der Waals surface area contributed by atoms with E-state index < -0.39 is 0 Å². The number of ether oxygens (including phenoxy) is 1. The maximum absolute atomic E-state index is 12.4. The van der Waals surface area contributed by atoms with Crippen LogP contribution in [0.15, 0.2) is 53.5 Å². The second-order valence-corrected chi connectivity index (χ2v) is 7.23. The summed E-state index contributed by atoms with van der Waals surface area (Å²) in [6, 6.07) is 15.7. The first-order valence-corrected chi connectivity index (χ1v) is 10.5. The minimum atomic E-state index is -0.00396. The van der Waals surface area contributed by atoms with Gasteiger partial charge in [0.25, 0.3) is 5.91 Å². The molecule has 162 valence electrons. The van der Waals surface area contributed by atoms with E-state index in [-0.39, 0.29) is 12.0 Å². The predicted molar refractivity (Wildman–Crippen MR) is 123 cm³/mol. The summed E-state index contributed by atoms with van der Waals surface area (Å²) in [5, 5.41) is 6.58. The molecule has 0 aliphatic carbocycles. The SMILES string of the molecule is CCN(CC)C(=O)c1ccc(CNC(=NC)NCC(C)Oc2cccc(C)c2)cc1. The molecule has 1 amide bonds. The van der Waals surface area contributed by atoms with Crippen LogP contribution in [0.5, 0.6) is 5.75 Å². The molecule has 30 heavy (non-hydrogen) atoms. The Balaban J connectivity index is 1.81. The van der Waals surface area contributed by atoms with Gasteiger partial charge in [0.1, 0.15) is 11.9 Å². The Labute approximate surface area is 180 Å². The number of amides is 1. The van der Waals surface area contributed by atoms with Crippen molar-refractivity contribution in [1.29, 1.82) is 0 Å². The van der Waals surface area contributed by atoms with Crippen molar-refractivity contribution in [2.75, 3.05) is 26.7 Å². The van der Waals surface area contributed by atoms with Crippen molar-refractivity contribution < 1.29 is 9.53 Å². The van der Waals surface area contributed by atoms with E-state index in [1.807, 2.05) is 81.1 Å². The molecule has 2 N–H and O–H groups in total. The molecular formula is C24H34N4O2. The summed E-state index contributed by atoms with van der Waals surface area (Å²) in [5.74, 6) is 1.64. The molecule has 6 nitrogen and oxygen atoms in total. The second-order valence-electron chi connectivity index (χ2n) is 7.23. The van der Waals surface area contributed by atoms with Crippen molar-refractivity contribution in [2.45, 2.75) is 40.3 Å². The maximum atomic E-state index is 12.4. The maximum Gasteiger partial charge on any atom is 0.253 e. The number of benzene rings is 2. The number of nitrogens with one attached hydrogen (secondary N) is 2. The van der Waals surface area contributed by atoms with Crippen LogP contribution < -0.4 is 15.4 Å². The van der Waals surface area contributed by atoms with Gasteiger partial charge in [-0.05, 0) is 63.1 Å². The standard InChI is InChI=1S/C24H34N4O2/c1-6-28(7-2)23(29)21-13-11-20(12-14-21)17-27-24(25-5)26-16-19(4)30-22-10-8-9-18(3)15-22/h8-15,19H,6-7,16-17H2,1-5H3,(H2,25,26,27). The molecule has 0 bridgehead atoms. The molecule has 0 saturated heterocycles. The average molecular weight is 411 g/mol. The van der Waals surface area contributed by atoms with Crippen LogP contribution >= 0.6 is 0 Å². The number of carbonyl (C=O) groups excluding carboxylic acids is 1. The molecule has 0 aliphatic heterocycles. The van der Waals surface area contributed by atoms with Crippen molar-refractivity contribution in [1.82, 2.24) is 15.5 Å². The summed E-state index contributed by atoms with van der Waals surface area (Å²) in [6.07, 6.45) is -0.00396. The van der Waals surface area contributed by atoms with Crippen LogP contribution in [0.25, 0.3) is 0 Å². The first kappa shape index (κ1) is 23.3. The summed E-state index contributed by atoms with van der Waals surface area (Å²) >= 11 is 0. The third-order valence-electron chi connectivity index (χ3n) is 4.82. The largest absolute Gasteiger partial charge is 0.489 e. The Morgan fingerprint density at radius 1 is 1.10 bits per heavy atom. The Kier molecular flexibility index (Phi) is 9.19. The number of hydrogen-bond donors (Lipinski definition) is 2. The lowest BCUT2D eigenvalue weighted by atomic mass is 10.1. The number of aliphatic imine (C=N–C) groups is 1. The Morgan fingerprint density at radius 3 is 2.40 bits per heavy atom. The van der Waals surface area contributed by atoms with E-state index in [9.17, 15) is 4.79 Å². The lowest BCUT2D eigenvalue weighted by Gasteiger charge is -2.19. The van der Waals surface area contributed by atoms with Crippen LogP contribution in [0, 0.1) is 6.92 Å². The van der Waals surface area contributed by atoms with Gasteiger partial charge in [-0.2, -0.15) is 0 Å². The highest BCUT2D eigenvalue weighted by molar-refractivity contribution is 5.94. The topological polar surface area (TPSA) is 66.0 Å². The lowest BCUT2D eigenvalue weighted by Crippen LogP contribution is -2.41. The van der Waals surface area contributed by atoms with E-state index in [1.54, 1.807) is 7.05 Å². The third kappa shape index (κ3) is 7.10. The van der Waals surface area contributed by atoms with E-state index in [4.69, 9.17) is 4.74 Å². The fourth-order valence-corrected chi connectivity index (χ4v) is 3.07. The summed E-state index contributed by atoms with van der Waals surface area (Å²) in [6.45, 7) is 10.7. The summed E-state index contributed by atoms with van der Waals surface area (Å²) in [7, 11) is 1.74. The third-order valence-corrected chi connectivity index (χ3v) is 4.82. The smallest absolute Gasteiger partial charge is 0.253 e. The molecule has 0 fully saturated rings. The highest BCUT2D eigenvalue weighted by atomic mass is 16.5. The van der Waals surface area contributed by atoms with Gasteiger partial charge in [0.15, 0.2) is 5.96 Å². The Bertz CT molecular complexity index is 829.